The number of halogens is 1. The number of hydrogen-bond donors (Lipinski definition) is 4. The molecule has 162 valence electrons. The Balaban J connectivity index is 2.10. The lowest BCUT2D eigenvalue weighted by atomic mass is 9.63. The number of rotatable bonds is 4. The number of carbonyl (C=O) groups is 1. The van der Waals surface area contributed by atoms with Crippen LogP contribution >= 0.6 is 11.6 Å². The molecular weight excluding hydrogens is 404 g/mol. The summed E-state index contributed by atoms with van der Waals surface area (Å²) < 4.78 is 0. The van der Waals surface area contributed by atoms with Crippen molar-refractivity contribution < 1.29 is 25.2 Å². The third-order valence-corrected chi connectivity index (χ3v) is 6.97. The number of ketones is 1. The van der Waals surface area contributed by atoms with Crippen molar-refractivity contribution in [3.05, 3.63) is 69.7 Å². The highest BCUT2D eigenvalue weighted by Crippen LogP contribution is 2.43. The van der Waals surface area contributed by atoms with Gasteiger partial charge in [-0.3, -0.25) is 4.79 Å². The molecule has 0 unspecified atom stereocenters. The van der Waals surface area contributed by atoms with Gasteiger partial charge in [0, 0.05) is 10.4 Å². The van der Waals surface area contributed by atoms with E-state index in [-0.39, 0.29) is 0 Å². The number of hydrogen-bond acceptors (Lipinski definition) is 5. The molecular formula is C24H29ClO5. The van der Waals surface area contributed by atoms with E-state index in [1.165, 1.54) is 6.92 Å². The fourth-order valence-corrected chi connectivity index (χ4v) is 4.63. The monoisotopic (exact) mass is 432 g/mol. The summed E-state index contributed by atoms with van der Waals surface area (Å²) in [6.45, 7) is 6.83. The molecule has 1 fully saturated rings. The minimum Gasteiger partial charge on any atom is -0.395 e. The second kappa shape index (κ2) is 8.06. The van der Waals surface area contributed by atoms with E-state index in [0.29, 0.717) is 10.6 Å². The van der Waals surface area contributed by atoms with E-state index in [1.807, 2.05) is 45.0 Å². The smallest absolute Gasteiger partial charge is 0.153 e. The molecule has 0 spiro atoms. The maximum absolute atomic E-state index is 13.2. The van der Waals surface area contributed by atoms with E-state index < -0.39 is 47.4 Å². The summed E-state index contributed by atoms with van der Waals surface area (Å²) >= 11 is 6.53. The van der Waals surface area contributed by atoms with E-state index in [2.05, 4.69) is 0 Å². The van der Waals surface area contributed by atoms with Crippen LogP contribution in [0.4, 0.5) is 0 Å². The highest BCUT2D eigenvalue weighted by atomic mass is 35.5. The predicted octanol–water partition coefficient (Wildman–Crippen LogP) is 2.72. The Morgan fingerprint density at radius 1 is 1.03 bits per heavy atom. The molecule has 1 saturated carbocycles. The molecule has 1 aliphatic carbocycles. The van der Waals surface area contributed by atoms with Gasteiger partial charge < -0.3 is 20.4 Å². The van der Waals surface area contributed by atoms with E-state index in [0.717, 1.165) is 16.7 Å². The quantitative estimate of drug-likeness (QED) is 0.595. The highest BCUT2D eigenvalue weighted by Gasteiger charge is 2.56. The molecule has 0 bridgehead atoms. The lowest BCUT2D eigenvalue weighted by Crippen LogP contribution is -2.61. The first-order valence-corrected chi connectivity index (χ1v) is 10.4. The molecule has 1 aliphatic rings. The Labute approximate surface area is 182 Å². The van der Waals surface area contributed by atoms with Crippen LogP contribution in [-0.4, -0.2) is 51.1 Å². The summed E-state index contributed by atoms with van der Waals surface area (Å²) in [5.74, 6) is -1.61. The van der Waals surface area contributed by atoms with Gasteiger partial charge in [0.05, 0.1) is 30.1 Å². The Morgan fingerprint density at radius 2 is 1.63 bits per heavy atom. The molecule has 0 aromatic heterocycles. The van der Waals surface area contributed by atoms with Crippen LogP contribution in [0, 0.1) is 12.3 Å². The summed E-state index contributed by atoms with van der Waals surface area (Å²) in [7, 11) is 0. The Morgan fingerprint density at radius 3 is 2.20 bits per heavy atom. The van der Waals surface area contributed by atoms with Gasteiger partial charge >= 0.3 is 0 Å². The molecule has 0 aliphatic heterocycles. The van der Waals surface area contributed by atoms with Crippen LogP contribution in [0.3, 0.4) is 0 Å². The van der Waals surface area contributed by atoms with Gasteiger partial charge in [-0.25, -0.2) is 0 Å². The Bertz CT molecular complexity index is 939. The molecule has 0 saturated heterocycles. The van der Waals surface area contributed by atoms with Crippen LogP contribution in [0.2, 0.25) is 5.02 Å². The maximum atomic E-state index is 13.2. The number of aryl methyl sites for hydroxylation is 1. The summed E-state index contributed by atoms with van der Waals surface area (Å²) in [5, 5.41) is 41.6. The molecule has 0 amide bonds. The van der Waals surface area contributed by atoms with E-state index in [9.17, 15) is 25.2 Å². The summed E-state index contributed by atoms with van der Waals surface area (Å²) in [4.78, 5) is 13.2. The highest BCUT2D eigenvalue weighted by molar-refractivity contribution is 6.31. The second-order valence-electron chi connectivity index (χ2n) is 9.07. The minimum atomic E-state index is -1.57. The third kappa shape index (κ3) is 3.59. The second-order valence-corrected chi connectivity index (χ2v) is 9.48. The molecule has 0 heterocycles. The van der Waals surface area contributed by atoms with Gasteiger partial charge in [0.2, 0.25) is 0 Å². The van der Waals surface area contributed by atoms with Crippen LogP contribution in [0.1, 0.15) is 48.9 Å². The molecule has 0 radical (unpaired) electrons. The van der Waals surface area contributed by atoms with Crippen molar-refractivity contribution >= 4 is 17.4 Å². The average molecular weight is 433 g/mol. The fourth-order valence-electron chi connectivity index (χ4n) is 4.28. The number of Topliss-reactive ketones (excluding diaryl/α,β-unsaturated/α-hetero) is 1. The number of carbonyl (C=O) groups excluding carboxylic acids is 1. The molecule has 3 rings (SSSR count). The van der Waals surface area contributed by atoms with Crippen LogP contribution in [0.25, 0.3) is 0 Å². The van der Waals surface area contributed by atoms with E-state index in [4.69, 9.17) is 11.6 Å². The van der Waals surface area contributed by atoms with Crippen molar-refractivity contribution in [2.75, 3.05) is 6.61 Å². The predicted molar refractivity (Wildman–Crippen MR) is 116 cm³/mol. The Kier molecular flexibility index (Phi) is 6.16. The minimum absolute atomic E-state index is 0.484. The Hall–Kier alpha value is -1.76. The number of aliphatic hydroxyl groups is 4. The zero-order valence-electron chi connectivity index (χ0n) is 17.6. The number of benzene rings is 2. The van der Waals surface area contributed by atoms with Gasteiger partial charge in [-0.15, -0.1) is 0 Å². The van der Waals surface area contributed by atoms with E-state index >= 15 is 0 Å². The van der Waals surface area contributed by atoms with Gasteiger partial charge in [-0.2, -0.15) is 0 Å². The summed E-state index contributed by atoms with van der Waals surface area (Å²) in [6.07, 6.45) is -4.62. The summed E-state index contributed by atoms with van der Waals surface area (Å²) in [5.41, 5.74) is 1.38. The first-order valence-electron chi connectivity index (χ1n) is 10.0. The van der Waals surface area contributed by atoms with Gasteiger partial charge in [0.1, 0.15) is 6.10 Å². The molecule has 2 aromatic carbocycles. The first kappa shape index (κ1) is 22.9. The van der Waals surface area contributed by atoms with Crippen molar-refractivity contribution in [1.82, 2.24) is 0 Å². The molecule has 4 N–H and O–H groups in total. The largest absolute Gasteiger partial charge is 0.395 e. The van der Waals surface area contributed by atoms with Gasteiger partial charge in [-0.1, -0.05) is 67.4 Å². The van der Waals surface area contributed by atoms with Gasteiger partial charge in [0.25, 0.3) is 0 Å². The van der Waals surface area contributed by atoms with Gasteiger partial charge in [0.15, 0.2) is 5.78 Å². The van der Waals surface area contributed by atoms with Gasteiger partial charge in [-0.05, 0) is 36.6 Å². The average Bonchev–Trinajstić information content (AvgIpc) is 2.72. The molecule has 30 heavy (non-hydrogen) atoms. The van der Waals surface area contributed by atoms with E-state index in [1.54, 1.807) is 18.2 Å². The zero-order chi connectivity index (χ0) is 22.4. The SMILES string of the molecule is Cc1ccc(C(C)(C)c2cc([C@@H]3C(=O)[C@](C)(CO)[C@@H](O)[C@H](O)[C@H]3O)ccc2Cl)cc1. The molecule has 6 heteroatoms. The maximum Gasteiger partial charge on any atom is 0.153 e. The molecule has 5 atom stereocenters. The summed E-state index contributed by atoms with van der Waals surface area (Å²) in [6, 6.07) is 13.2. The van der Waals surface area contributed by atoms with Crippen molar-refractivity contribution in [3.8, 4) is 0 Å². The topological polar surface area (TPSA) is 98.0 Å². The molecule has 5 nitrogen and oxygen atoms in total. The third-order valence-electron chi connectivity index (χ3n) is 6.64. The first-order chi connectivity index (χ1) is 13.9. The number of aliphatic hydroxyl groups excluding tert-OH is 4. The molecule has 2 aromatic rings. The zero-order valence-corrected chi connectivity index (χ0v) is 18.4. The van der Waals surface area contributed by atoms with Crippen LogP contribution in [-0.2, 0) is 10.2 Å². The lowest BCUT2D eigenvalue weighted by Gasteiger charge is -2.45. The van der Waals surface area contributed by atoms with Crippen molar-refractivity contribution in [2.24, 2.45) is 5.41 Å². The van der Waals surface area contributed by atoms with Crippen LogP contribution < -0.4 is 0 Å². The normalized spacial score (nSPS) is 29.8. The van der Waals surface area contributed by atoms with Crippen LogP contribution in [0.5, 0.6) is 0 Å². The fraction of sp³-hybridized carbons (Fsp3) is 0.458. The van der Waals surface area contributed by atoms with Crippen molar-refractivity contribution in [1.29, 1.82) is 0 Å². The lowest BCUT2D eigenvalue weighted by molar-refractivity contribution is -0.177. The standard InChI is InChI=1S/C24H29ClO5/c1-13-5-8-15(9-6-13)23(2,3)16-11-14(7-10-17(16)25)18-19(27)20(28)22(30)24(4,12-26)21(18)29/h5-11,18-20,22,26-28,30H,12H2,1-4H3/t18-,19-,20+,22-,24-/m0/s1. The van der Waals surface area contributed by atoms with Crippen LogP contribution in [0.15, 0.2) is 42.5 Å². The van der Waals surface area contributed by atoms with Crippen molar-refractivity contribution in [3.63, 3.8) is 0 Å². The van der Waals surface area contributed by atoms with Crippen molar-refractivity contribution in [2.45, 2.75) is 57.3 Å².